The summed E-state index contributed by atoms with van der Waals surface area (Å²) in [7, 11) is 1.24. The maximum atomic E-state index is 10.8. The number of halogens is 1. The Balaban J connectivity index is 2.94. The van der Waals surface area contributed by atoms with Crippen molar-refractivity contribution in [3.63, 3.8) is 0 Å². The molecule has 0 atom stereocenters. The van der Waals surface area contributed by atoms with E-state index in [4.69, 9.17) is 26.2 Å². The van der Waals surface area contributed by atoms with Crippen molar-refractivity contribution >= 4 is 23.3 Å². The molecule has 7 heteroatoms. The van der Waals surface area contributed by atoms with Gasteiger partial charge in [0.1, 0.15) is 7.11 Å². The summed E-state index contributed by atoms with van der Waals surface area (Å²) in [6.07, 6.45) is 0. The van der Waals surface area contributed by atoms with Crippen LogP contribution in [-0.4, -0.2) is 48.8 Å². The van der Waals surface area contributed by atoms with Gasteiger partial charge in [-0.25, -0.2) is 4.79 Å². The number of oxime groups is 1. The van der Waals surface area contributed by atoms with E-state index >= 15 is 0 Å². The highest BCUT2D eigenvalue weighted by molar-refractivity contribution is 6.40. The van der Waals surface area contributed by atoms with Gasteiger partial charge in [-0.05, 0) is 0 Å². The highest BCUT2D eigenvalue weighted by atomic mass is 35.5. The number of hydrogen-bond acceptors (Lipinski definition) is 5. The van der Waals surface area contributed by atoms with E-state index in [0.29, 0.717) is 0 Å². The van der Waals surface area contributed by atoms with Gasteiger partial charge >= 0.3 is 5.97 Å². The van der Waals surface area contributed by atoms with Crippen molar-refractivity contribution in [2.75, 3.05) is 26.2 Å². The third-order valence-corrected chi connectivity index (χ3v) is 2.03. The maximum Gasteiger partial charge on any atom is 0.359 e. The molecule has 1 heterocycles. The number of carboxylic acids is 1. The number of ether oxygens (including phenoxy) is 2. The molecule has 0 aromatic heterocycles. The van der Waals surface area contributed by atoms with Crippen molar-refractivity contribution in [2.45, 2.75) is 5.79 Å². The Labute approximate surface area is 85.4 Å². The minimum Gasteiger partial charge on any atom is -0.477 e. The van der Waals surface area contributed by atoms with Gasteiger partial charge in [0.2, 0.25) is 11.5 Å². The Morgan fingerprint density at radius 3 is 2.57 bits per heavy atom. The fourth-order valence-corrected chi connectivity index (χ4v) is 1.38. The first-order valence-electron chi connectivity index (χ1n) is 3.85. The predicted octanol–water partition coefficient (Wildman–Crippen LogP) is 0.0553. The van der Waals surface area contributed by atoms with Crippen LogP contribution >= 0.6 is 11.6 Å². The molecule has 1 fully saturated rings. The summed E-state index contributed by atoms with van der Waals surface area (Å²) in [5.74, 6) is -2.92. The van der Waals surface area contributed by atoms with Gasteiger partial charge in [-0.1, -0.05) is 5.16 Å². The average Bonchev–Trinajstić information content (AvgIpc) is 2.63. The summed E-state index contributed by atoms with van der Waals surface area (Å²) in [4.78, 5) is 15.2. The molecule has 0 aromatic rings. The average molecular weight is 224 g/mol. The van der Waals surface area contributed by atoms with Crippen LogP contribution < -0.4 is 0 Å². The van der Waals surface area contributed by atoms with Crippen LogP contribution in [0.2, 0.25) is 0 Å². The molecule has 1 aliphatic heterocycles. The molecule has 1 saturated heterocycles. The van der Waals surface area contributed by atoms with Crippen LogP contribution in [0.5, 0.6) is 0 Å². The Hall–Kier alpha value is -0.850. The Morgan fingerprint density at radius 1 is 1.64 bits per heavy atom. The molecule has 1 aliphatic rings. The standard InChI is InChI=1S/C7H10ClNO5/c1-12-9-5(6(10)11)7(4-8)13-2-3-14-7/h2-4H2,1H3,(H,10,11)/b9-5+. The minimum absolute atomic E-state index is 0.151. The van der Waals surface area contributed by atoms with E-state index in [2.05, 4.69) is 9.99 Å². The Morgan fingerprint density at radius 2 is 2.21 bits per heavy atom. The third-order valence-electron chi connectivity index (χ3n) is 1.68. The predicted molar refractivity (Wildman–Crippen MR) is 47.4 cm³/mol. The molecule has 14 heavy (non-hydrogen) atoms. The fraction of sp³-hybridized carbons (Fsp3) is 0.714. The molecular weight excluding hydrogens is 214 g/mol. The topological polar surface area (TPSA) is 77.4 Å². The van der Waals surface area contributed by atoms with E-state index in [9.17, 15) is 4.79 Å². The maximum absolute atomic E-state index is 10.8. The van der Waals surface area contributed by atoms with Crippen LogP contribution in [0.4, 0.5) is 0 Å². The molecular formula is C7H10ClNO5. The molecule has 6 nitrogen and oxygen atoms in total. The zero-order valence-corrected chi connectivity index (χ0v) is 8.28. The van der Waals surface area contributed by atoms with Crippen LogP contribution in [0.25, 0.3) is 0 Å². The SMILES string of the molecule is CO/N=C(\C(=O)O)C1(CCl)OCCO1. The second-order valence-corrected chi connectivity index (χ2v) is 2.78. The molecule has 0 saturated carbocycles. The van der Waals surface area contributed by atoms with Crippen LogP contribution in [0.15, 0.2) is 5.16 Å². The van der Waals surface area contributed by atoms with Gasteiger partial charge in [0.25, 0.3) is 0 Å². The summed E-state index contributed by atoms with van der Waals surface area (Å²) >= 11 is 5.59. The molecule has 0 aromatic carbocycles. The number of nitrogens with zero attached hydrogens (tertiary/aromatic N) is 1. The minimum atomic E-state index is -1.48. The number of carbonyl (C=O) groups is 1. The van der Waals surface area contributed by atoms with Crippen molar-refractivity contribution in [1.29, 1.82) is 0 Å². The molecule has 1 N–H and O–H groups in total. The van der Waals surface area contributed by atoms with Crippen LogP contribution in [0.3, 0.4) is 0 Å². The first-order valence-corrected chi connectivity index (χ1v) is 4.38. The first kappa shape index (κ1) is 11.2. The summed E-state index contributed by atoms with van der Waals surface area (Å²) in [6.45, 7) is 0.561. The number of rotatable bonds is 4. The van der Waals surface area contributed by atoms with Crippen molar-refractivity contribution in [1.82, 2.24) is 0 Å². The Kier molecular flexibility index (Phi) is 3.68. The van der Waals surface area contributed by atoms with Gasteiger partial charge in [0.05, 0.1) is 19.1 Å². The smallest absolute Gasteiger partial charge is 0.359 e. The lowest BCUT2D eigenvalue weighted by atomic mass is 10.2. The number of aliphatic carboxylic acids is 1. The second kappa shape index (κ2) is 4.59. The van der Waals surface area contributed by atoms with E-state index in [1.165, 1.54) is 7.11 Å². The molecule has 0 bridgehead atoms. The zero-order valence-electron chi connectivity index (χ0n) is 7.53. The van der Waals surface area contributed by atoms with Gasteiger partial charge < -0.3 is 19.4 Å². The highest BCUT2D eigenvalue weighted by Crippen LogP contribution is 2.23. The van der Waals surface area contributed by atoms with E-state index in [1.807, 2.05) is 0 Å². The summed E-state index contributed by atoms with van der Waals surface area (Å²) in [5, 5.41) is 12.2. The van der Waals surface area contributed by atoms with E-state index < -0.39 is 11.8 Å². The summed E-state index contributed by atoms with van der Waals surface area (Å²) in [6, 6.07) is 0. The molecule has 80 valence electrons. The molecule has 0 radical (unpaired) electrons. The normalized spacial score (nSPS) is 20.9. The van der Waals surface area contributed by atoms with Gasteiger partial charge in [-0.15, -0.1) is 11.6 Å². The zero-order chi connectivity index (χ0) is 10.6. The van der Waals surface area contributed by atoms with Gasteiger partial charge in [0, 0.05) is 0 Å². The van der Waals surface area contributed by atoms with Crippen molar-refractivity contribution in [2.24, 2.45) is 5.16 Å². The molecule has 1 rings (SSSR count). The van der Waals surface area contributed by atoms with Crippen molar-refractivity contribution < 1.29 is 24.2 Å². The number of hydrogen-bond donors (Lipinski definition) is 1. The summed E-state index contributed by atoms with van der Waals surface area (Å²) in [5.41, 5.74) is -0.382. The molecule has 0 unspecified atom stereocenters. The largest absolute Gasteiger partial charge is 0.477 e. The molecule has 0 aliphatic carbocycles. The summed E-state index contributed by atoms with van der Waals surface area (Å²) < 4.78 is 10.2. The number of carboxylic acid groups (broad SMARTS) is 1. The fourth-order valence-electron chi connectivity index (χ4n) is 1.09. The van der Waals surface area contributed by atoms with E-state index in [-0.39, 0.29) is 24.8 Å². The van der Waals surface area contributed by atoms with Gasteiger partial charge in [-0.2, -0.15) is 0 Å². The monoisotopic (exact) mass is 223 g/mol. The molecule has 0 spiro atoms. The van der Waals surface area contributed by atoms with Gasteiger partial charge in [-0.3, -0.25) is 0 Å². The van der Waals surface area contributed by atoms with Crippen LogP contribution in [0, 0.1) is 0 Å². The van der Waals surface area contributed by atoms with Crippen molar-refractivity contribution in [3.05, 3.63) is 0 Å². The highest BCUT2D eigenvalue weighted by Gasteiger charge is 2.46. The second-order valence-electron chi connectivity index (χ2n) is 2.51. The van der Waals surface area contributed by atoms with Gasteiger partial charge in [0.15, 0.2) is 0 Å². The first-order chi connectivity index (χ1) is 6.66. The molecule has 0 amide bonds. The third kappa shape index (κ3) is 1.97. The lowest BCUT2D eigenvalue weighted by molar-refractivity contribution is -0.135. The lowest BCUT2D eigenvalue weighted by Gasteiger charge is -2.22. The van der Waals surface area contributed by atoms with E-state index in [1.54, 1.807) is 0 Å². The quantitative estimate of drug-likeness (QED) is 0.414. The van der Waals surface area contributed by atoms with Crippen LogP contribution in [-0.2, 0) is 19.1 Å². The number of alkyl halides is 1. The van der Waals surface area contributed by atoms with Crippen LogP contribution in [0.1, 0.15) is 0 Å². The van der Waals surface area contributed by atoms with E-state index in [0.717, 1.165) is 0 Å². The lowest BCUT2D eigenvalue weighted by Crippen LogP contribution is -2.46. The van der Waals surface area contributed by atoms with Crippen molar-refractivity contribution in [3.8, 4) is 0 Å². The Bertz CT molecular complexity index is 248.